The summed E-state index contributed by atoms with van der Waals surface area (Å²) < 4.78 is 5.84. The smallest absolute Gasteiger partial charge is 0.125 e. The second-order valence-corrected chi connectivity index (χ2v) is 5.05. The van der Waals surface area contributed by atoms with Gasteiger partial charge in [-0.3, -0.25) is 5.41 Å². The first-order valence-corrected chi connectivity index (χ1v) is 6.61. The Kier molecular flexibility index (Phi) is 3.67. The molecule has 0 spiro atoms. The van der Waals surface area contributed by atoms with Gasteiger partial charge < -0.3 is 10.5 Å². The molecule has 18 heavy (non-hydrogen) atoms. The van der Waals surface area contributed by atoms with Crippen LogP contribution >= 0.6 is 11.3 Å². The van der Waals surface area contributed by atoms with Crippen molar-refractivity contribution in [2.75, 3.05) is 0 Å². The monoisotopic (exact) mass is 260 g/mol. The third-order valence-corrected chi connectivity index (χ3v) is 3.47. The van der Waals surface area contributed by atoms with Crippen molar-refractivity contribution in [1.82, 2.24) is 0 Å². The molecule has 0 unspecified atom stereocenters. The predicted octanol–water partition coefficient (Wildman–Crippen LogP) is 3.23. The second-order valence-electron chi connectivity index (χ2n) is 4.27. The Balaban J connectivity index is 2.20. The second kappa shape index (κ2) is 5.23. The molecule has 2 rings (SSSR count). The number of ether oxygens (including phenoxy) is 1. The summed E-state index contributed by atoms with van der Waals surface area (Å²) in [5.74, 6) is 0.969. The highest BCUT2D eigenvalue weighted by atomic mass is 32.1. The number of amidine groups is 1. The summed E-state index contributed by atoms with van der Waals surface area (Å²) >= 11 is 1.66. The zero-order valence-electron chi connectivity index (χ0n) is 10.5. The van der Waals surface area contributed by atoms with Gasteiger partial charge in [0.05, 0.1) is 0 Å². The van der Waals surface area contributed by atoms with Crippen LogP contribution in [0.15, 0.2) is 29.0 Å². The van der Waals surface area contributed by atoms with Gasteiger partial charge in [-0.25, -0.2) is 0 Å². The molecule has 1 heterocycles. The van der Waals surface area contributed by atoms with Gasteiger partial charge in [0.1, 0.15) is 18.2 Å². The topological polar surface area (TPSA) is 59.1 Å². The minimum atomic E-state index is 0.0885. The highest BCUT2D eigenvalue weighted by Gasteiger charge is 2.08. The van der Waals surface area contributed by atoms with Crippen LogP contribution in [0, 0.1) is 19.3 Å². The van der Waals surface area contributed by atoms with Gasteiger partial charge in [0.2, 0.25) is 0 Å². The molecule has 3 N–H and O–H groups in total. The van der Waals surface area contributed by atoms with Gasteiger partial charge in [-0.05, 0) is 59.5 Å². The number of hydrogen-bond acceptors (Lipinski definition) is 3. The lowest BCUT2D eigenvalue weighted by atomic mass is 10.1. The van der Waals surface area contributed by atoms with Gasteiger partial charge >= 0.3 is 0 Å². The number of hydrogen-bond donors (Lipinski definition) is 2. The van der Waals surface area contributed by atoms with Crippen molar-refractivity contribution >= 4 is 17.2 Å². The Morgan fingerprint density at radius 2 is 2.00 bits per heavy atom. The van der Waals surface area contributed by atoms with Gasteiger partial charge in [0, 0.05) is 5.56 Å². The molecule has 0 aliphatic carbocycles. The average Bonchev–Trinajstić information content (AvgIpc) is 2.80. The van der Waals surface area contributed by atoms with Crippen LogP contribution in [-0.2, 0) is 6.61 Å². The molecule has 0 aliphatic heterocycles. The molecule has 2 aromatic rings. The van der Waals surface area contributed by atoms with Crippen molar-refractivity contribution < 1.29 is 4.74 Å². The number of thiophene rings is 1. The molecule has 0 saturated carbocycles. The SMILES string of the molecule is Cc1cc(C(=N)N)cc(C)c1OCc1ccsc1. The van der Waals surface area contributed by atoms with Crippen LogP contribution in [-0.4, -0.2) is 5.84 Å². The number of nitrogens with one attached hydrogen (secondary N) is 1. The van der Waals surface area contributed by atoms with E-state index in [4.69, 9.17) is 15.9 Å². The Morgan fingerprint density at radius 1 is 1.33 bits per heavy atom. The van der Waals surface area contributed by atoms with Gasteiger partial charge in [-0.1, -0.05) is 0 Å². The maximum atomic E-state index is 7.45. The Hall–Kier alpha value is -1.81. The minimum absolute atomic E-state index is 0.0885. The number of nitrogens with two attached hydrogens (primary N) is 1. The highest BCUT2D eigenvalue weighted by molar-refractivity contribution is 7.07. The quantitative estimate of drug-likeness (QED) is 0.655. The van der Waals surface area contributed by atoms with Crippen LogP contribution in [0.2, 0.25) is 0 Å². The molecule has 94 valence electrons. The summed E-state index contributed by atoms with van der Waals surface area (Å²) in [6.07, 6.45) is 0. The fourth-order valence-electron chi connectivity index (χ4n) is 1.86. The van der Waals surface area contributed by atoms with E-state index in [-0.39, 0.29) is 5.84 Å². The van der Waals surface area contributed by atoms with Crippen LogP contribution < -0.4 is 10.5 Å². The van der Waals surface area contributed by atoms with Crippen molar-refractivity contribution in [3.05, 3.63) is 51.2 Å². The molecule has 1 aromatic carbocycles. The minimum Gasteiger partial charge on any atom is -0.488 e. The lowest BCUT2D eigenvalue weighted by Gasteiger charge is -2.13. The molecular weight excluding hydrogens is 244 g/mol. The zero-order valence-corrected chi connectivity index (χ0v) is 11.3. The fourth-order valence-corrected chi connectivity index (χ4v) is 2.52. The summed E-state index contributed by atoms with van der Waals surface area (Å²) in [6.45, 7) is 4.52. The van der Waals surface area contributed by atoms with E-state index in [9.17, 15) is 0 Å². The van der Waals surface area contributed by atoms with E-state index >= 15 is 0 Å². The van der Waals surface area contributed by atoms with Gasteiger partial charge in [-0.15, -0.1) is 0 Å². The maximum absolute atomic E-state index is 7.45. The first-order valence-electron chi connectivity index (χ1n) is 5.67. The molecule has 0 fully saturated rings. The largest absolute Gasteiger partial charge is 0.488 e. The van der Waals surface area contributed by atoms with E-state index in [0.717, 1.165) is 22.4 Å². The van der Waals surface area contributed by atoms with Crippen molar-refractivity contribution in [1.29, 1.82) is 5.41 Å². The molecule has 0 bridgehead atoms. The van der Waals surface area contributed by atoms with Crippen molar-refractivity contribution in [2.24, 2.45) is 5.73 Å². The lowest BCUT2D eigenvalue weighted by Crippen LogP contribution is -2.12. The summed E-state index contributed by atoms with van der Waals surface area (Å²) in [7, 11) is 0. The maximum Gasteiger partial charge on any atom is 0.125 e. The van der Waals surface area contributed by atoms with E-state index in [2.05, 4.69) is 11.4 Å². The summed E-state index contributed by atoms with van der Waals surface area (Å²) in [6, 6.07) is 5.83. The first-order chi connectivity index (χ1) is 8.58. The molecule has 0 atom stereocenters. The standard InChI is InChI=1S/C14H16N2OS/c1-9-5-12(14(15)16)6-10(2)13(9)17-7-11-3-4-18-8-11/h3-6,8H,7H2,1-2H3,(H3,15,16). The molecular formula is C14H16N2OS. The van der Waals surface area contributed by atoms with E-state index in [0.29, 0.717) is 6.61 Å². The van der Waals surface area contributed by atoms with E-state index in [1.54, 1.807) is 11.3 Å². The molecule has 0 radical (unpaired) electrons. The highest BCUT2D eigenvalue weighted by Crippen LogP contribution is 2.25. The molecule has 1 aromatic heterocycles. The van der Waals surface area contributed by atoms with Crippen LogP contribution in [0.5, 0.6) is 5.75 Å². The number of aryl methyl sites for hydroxylation is 2. The van der Waals surface area contributed by atoms with Crippen LogP contribution in [0.4, 0.5) is 0 Å². The van der Waals surface area contributed by atoms with Crippen molar-refractivity contribution in [3.63, 3.8) is 0 Å². The van der Waals surface area contributed by atoms with Gasteiger partial charge in [0.15, 0.2) is 0 Å². The summed E-state index contributed by atoms with van der Waals surface area (Å²) in [4.78, 5) is 0. The number of benzene rings is 1. The van der Waals surface area contributed by atoms with Gasteiger partial charge in [-0.2, -0.15) is 11.3 Å². The van der Waals surface area contributed by atoms with E-state index in [1.807, 2.05) is 31.4 Å². The lowest BCUT2D eigenvalue weighted by molar-refractivity contribution is 0.302. The third kappa shape index (κ3) is 2.71. The van der Waals surface area contributed by atoms with Gasteiger partial charge in [0.25, 0.3) is 0 Å². The number of rotatable bonds is 4. The molecule has 0 saturated heterocycles. The molecule has 0 aliphatic rings. The van der Waals surface area contributed by atoms with Crippen molar-refractivity contribution in [3.8, 4) is 5.75 Å². The molecule has 4 heteroatoms. The zero-order chi connectivity index (χ0) is 13.1. The Bertz CT molecular complexity index is 538. The normalized spacial score (nSPS) is 10.3. The predicted molar refractivity (Wildman–Crippen MR) is 75.6 cm³/mol. The average molecular weight is 260 g/mol. The summed E-state index contributed by atoms with van der Waals surface area (Å²) in [5.41, 5.74) is 9.43. The Morgan fingerprint density at radius 3 is 2.50 bits per heavy atom. The Labute approximate surface area is 111 Å². The fraction of sp³-hybridized carbons (Fsp3) is 0.214. The van der Waals surface area contributed by atoms with Crippen molar-refractivity contribution in [2.45, 2.75) is 20.5 Å². The van der Waals surface area contributed by atoms with Crippen LogP contribution in [0.1, 0.15) is 22.3 Å². The van der Waals surface area contributed by atoms with Crippen LogP contribution in [0.3, 0.4) is 0 Å². The van der Waals surface area contributed by atoms with E-state index < -0.39 is 0 Å². The third-order valence-electron chi connectivity index (χ3n) is 2.73. The van der Waals surface area contributed by atoms with E-state index in [1.165, 1.54) is 5.56 Å². The molecule has 3 nitrogen and oxygen atoms in total. The molecule has 0 amide bonds. The summed E-state index contributed by atoms with van der Waals surface area (Å²) in [5, 5.41) is 11.6. The van der Waals surface area contributed by atoms with Crippen LogP contribution in [0.25, 0.3) is 0 Å². The first kappa shape index (κ1) is 12.6. The number of nitrogen functional groups attached to an aromatic ring is 1.